The van der Waals surface area contributed by atoms with Crippen LogP contribution in [0.25, 0.3) is 11.0 Å². The number of imidazole rings is 1. The molecule has 1 heterocycles. The van der Waals surface area contributed by atoms with E-state index >= 15 is 0 Å². The van der Waals surface area contributed by atoms with E-state index in [0.717, 1.165) is 16.9 Å². The van der Waals surface area contributed by atoms with Crippen LogP contribution in [0.2, 0.25) is 0 Å². The van der Waals surface area contributed by atoms with E-state index in [1.165, 1.54) is 0 Å². The lowest BCUT2D eigenvalue weighted by molar-refractivity contribution is 0.262. The first-order valence-corrected chi connectivity index (χ1v) is 7.64. The van der Waals surface area contributed by atoms with Crippen LogP contribution in [0.5, 0.6) is 11.5 Å². The number of para-hydroxylation sites is 4. The summed E-state index contributed by atoms with van der Waals surface area (Å²) >= 11 is 0. The van der Waals surface area contributed by atoms with Crippen molar-refractivity contribution in [2.75, 3.05) is 13.7 Å². The van der Waals surface area contributed by atoms with Gasteiger partial charge in [0.1, 0.15) is 12.4 Å². The number of aliphatic hydroxyl groups excluding tert-OH is 1. The third kappa shape index (κ3) is 3.29. The summed E-state index contributed by atoms with van der Waals surface area (Å²) in [6, 6.07) is 15.5. The highest BCUT2D eigenvalue weighted by atomic mass is 16.5. The number of fused-ring (bicyclic) bond motifs is 1. The molecule has 0 bridgehead atoms. The third-order valence-corrected chi connectivity index (χ3v) is 3.70. The van der Waals surface area contributed by atoms with Crippen LogP contribution in [-0.2, 0) is 13.2 Å². The lowest BCUT2D eigenvalue weighted by Crippen LogP contribution is -2.08. The predicted molar refractivity (Wildman–Crippen MR) is 88.8 cm³/mol. The summed E-state index contributed by atoms with van der Waals surface area (Å²) in [5.41, 5.74) is 1.99. The van der Waals surface area contributed by atoms with E-state index in [9.17, 15) is 0 Å². The Morgan fingerprint density at radius 2 is 1.78 bits per heavy atom. The molecule has 1 N–H and O–H groups in total. The maximum Gasteiger partial charge on any atom is 0.161 e. The van der Waals surface area contributed by atoms with Crippen LogP contribution < -0.4 is 9.47 Å². The van der Waals surface area contributed by atoms with Crippen LogP contribution in [0.15, 0.2) is 48.5 Å². The van der Waals surface area contributed by atoms with Crippen LogP contribution in [-0.4, -0.2) is 28.4 Å². The quantitative estimate of drug-likeness (QED) is 0.728. The van der Waals surface area contributed by atoms with Gasteiger partial charge in [-0.05, 0) is 30.7 Å². The molecular weight excluding hydrogens is 292 g/mol. The van der Waals surface area contributed by atoms with Gasteiger partial charge in [0.2, 0.25) is 0 Å². The lowest BCUT2D eigenvalue weighted by atomic mass is 10.3. The second kappa shape index (κ2) is 7.15. The fraction of sp³-hybridized carbons (Fsp3) is 0.278. The van der Waals surface area contributed by atoms with E-state index in [4.69, 9.17) is 14.6 Å². The van der Waals surface area contributed by atoms with Gasteiger partial charge in [0.15, 0.2) is 11.5 Å². The Kier molecular flexibility index (Phi) is 4.78. The number of aryl methyl sites for hydroxylation is 1. The highest BCUT2D eigenvalue weighted by molar-refractivity contribution is 5.75. The fourth-order valence-electron chi connectivity index (χ4n) is 2.59. The second-order valence-electron chi connectivity index (χ2n) is 5.19. The van der Waals surface area contributed by atoms with Crippen molar-refractivity contribution < 1.29 is 14.6 Å². The molecule has 3 aromatic rings. The Bertz CT molecular complexity index is 783. The summed E-state index contributed by atoms with van der Waals surface area (Å²) in [5.74, 6) is 2.23. The number of nitrogens with zero attached hydrogens (tertiary/aromatic N) is 2. The number of ether oxygens (including phenoxy) is 2. The van der Waals surface area contributed by atoms with Crippen molar-refractivity contribution in [2.45, 2.75) is 19.6 Å². The van der Waals surface area contributed by atoms with Crippen molar-refractivity contribution in [1.82, 2.24) is 9.55 Å². The van der Waals surface area contributed by atoms with Gasteiger partial charge in [0.05, 0.1) is 18.1 Å². The molecule has 0 fully saturated rings. The molecule has 0 spiro atoms. The molecule has 1 aromatic heterocycles. The largest absolute Gasteiger partial charge is 0.493 e. The Balaban J connectivity index is 1.87. The summed E-state index contributed by atoms with van der Waals surface area (Å²) in [6.07, 6.45) is 0.683. The van der Waals surface area contributed by atoms with E-state index in [1.807, 2.05) is 48.5 Å². The maximum atomic E-state index is 9.12. The van der Waals surface area contributed by atoms with Crippen LogP contribution in [0.3, 0.4) is 0 Å². The zero-order valence-corrected chi connectivity index (χ0v) is 13.1. The zero-order chi connectivity index (χ0) is 16.1. The molecule has 0 atom stereocenters. The van der Waals surface area contributed by atoms with Crippen LogP contribution in [0, 0.1) is 0 Å². The van der Waals surface area contributed by atoms with Gasteiger partial charge in [-0.1, -0.05) is 24.3 Å². The van der Waals surface area contributed by atoms with Crippen molar-refractivity contribution >= 4 is 11.0 Å². The summed E-state index contributed by atoms with van der Waals surface area (Å²) in [4.78, 5) is 4.65. The highest BCUT2D eigenvalue weighted by Crippen LogP contribution is 2.27. The van der Waals surface area contributed by atoms with Crippen LogP contribution in [0.4, 0.5) is 0 Å². The van der Waals surface area contributed by atoms with E-state index in [0.29, 0.717) is 31.1 Å². The molecule has 0 saturated heterocycles. The average Bonchev–Trinajstić information content (AvgIpc) is 2.96. The van der Waals surface area contributed by atoms with Crippen molar-refractivity contribution in [3.8, 4) is 11.5 Å². The van der Waals surface area contributed by atoms with Crippen LogP contribution in [0.1, 0.15) is 12.2 Å². The minimum absolute atomic E-state index is 0.152. The standard InChI is InChI=1S/C18H20N2O3/c1-22-16-9-4-5-10-17(16)23-13-18-19-14-7-2-3-8-15(14)20(18)11-6-12-21/h2-5,7-10,21H,6,11-13H2,1H3. The summed E-state index contributed by atoms with van der Waals surface area (Å²) in [6.45, 7) is 1.21. The molecule has 0 aliphatic carbocycles. The number of benzene rings is 2. The Labute approximate surface area is 135 Å². The summed E-state index contributed by atoms with van der Waals surface area (Å²) in [7, 11) is 1.62. The molecule has 0 unspecified atom stereocenters. The molecule has 5 nitrogen and oxygen atoms in total. The van der Waals surface area contributed by atoms with Gasteiger partial charge >= 0.3 is 0 Å². The number of hydrogen-bond acceptors (Lipinski definition) is 4. The van der Waals surface area contributed by atoms with Crippen molar-refractivity contribution in [1.29, 1.82) is 0 Å². The van der Waals surface area contributed by atoms with Gasteiger partial charge in [-0.15, -0.1) is 0 Å². The van der Waals surface area contributed by atoms with Gasteiger partial charge in [-0.2, -0.15) is 0 Å². The van der Waals surface area contributed by atoms with Crippen molar-refractivity contribution in [2.24, 2.45) is 0 Å². The molecule has 0 amide bonds. The number of methoxy groups -OCH3 is 1. The van der Waals surface area contributed by atoms with Gasteiger partial charge in [-0.25, -0.2) is 4.98 Å². The van der Waals surface area contributed by atoms with Gasteiger partial charge < -0.3 is 19.1 Å². The fourth-order valence-corrected chi connectivity index (χ4v) is 2.59. The van der Waals surface area contributed by atoms with Gasteiger partial charge in [-0.3, -0.25) is 0 Å². The molecule has 3 rings (SSSR count). The van der Waals surface area contributed by atoms with E-state index in [-0.39, 0.29) is 6.61 Å². The molecule has 0 aliphatic heterocycles. The van der Waals surface area contributed by atoms with E-state index in [1.54, 1.807) is 7.11 Å². The topological polar surface area (TPSA) is 56.5 Å². The average molecular weight is 312 g/mol. The summed E-state index contributed by atoms with van der Waals surface area (Å²) in [5, 5.41) is 9.12. The Morgan fingerprint density at radius 3 is 2.57 bits per heavy atom. The molecule has 0 saturated carbocycles. The number of aliphatic hydroxyl groups is 1. The first-order chi connectivity index (χ1) is 11.3. The first kappa shape index (κ1) is 15.4. The SMILES string of the molecule is COc1ccccc1OCc1nc2ccccc2n1CCCO. The van der Waals surface area contributed by atoms with Crippen molar-refractivity contribution in [3.63, 3.8) is 0 Å². The molecule has 0 radical (unpaired) electrons. The maximum absolute atomic E-state index is 9.12. The lowest BCUT2D eigenvalue weighted by Gasteiger charge is -2.12. The number of aromatic nitrogens is 2. The first-order valence-electron chi connectivity index (χ1n) is 7.64. The van der Waals surface area contributed by atoms with Crippen LogP contribution >= 0.6 is 0 Å². The molecule has 0 aliphatic rings. The molecule has 23 heavy (non-hydrogen) atoms. The number of hydrogen-bond donors (Lipinski definition) is 1. The van der Waals surface area contributed by atoms with E-state index < -0.39 is 0 Å². The highest BCUT2D eigenvalue weighted by Gasteiger charge is 2.12. The zero-order valence-electron chi connectivity index (χ0n) is 13.1. The van der Waals surface area contributed by atoms with Crippen molar-refractivity contribution in [3.05, 3.63) is 54.4 Å². The Morgan fingerprint density at radius 1 is 1.04 bits per heavy atom. The molecule has 120 valence electrons. The molecule has 5 heteroatoms. The third-order valence-electron chi connectivity index (χ3n) is 3.70. The van der Waals surface area contributed by atoms with E-state index in [2.05, 4.69) is 9.55 Å². The molecule has 2 aromatic carbocycles. The predicted octanol–water partition coefficient (Wildman–Crippen LogP) is 3.01. The normalized spacial score (nSPS) is 10.9. The van der Waals surface area contributed by atoms with Gasteiger partial charge in [0.25, 0.3) is 0 Å². The second-order valence-corrected chi connectivity index (χ2v) is 5.19. The molecular formula is C18H20N2O3. The smallest absolute Gasteiger partial charge is 0.161 e. The Hall–Kier alpha value is -2.53. The summed E-state index contributed by atoms with van der Waals surface area (Å²) < 4.78 is 13.3. The number of rotatable bonds is 7. The minimum Gasteiger partial charge on any atom is -0.493 e. The van der Waals surface area contributed by atoms with Gasteiger partial charge in [0, 0.05) is 13.2 Å². The monoisotopic (exact) mass is 312 g/mol. The minimum atomic E-state index is 0.152.